The molecule has 302 valence electrons. The van der Waals surface area contributed by atoms with Gasteiger partial charge >= 0.3 is 5.97 Å². The van der Waals surface area contributed by atoms with Crippen molar-refractivity contribution in [3.8, 4) is 0 Å². The number of carbonyl (C=O) groups is 1. The Labute approximate surface area is 314 Å². The van der Waals surface area contributed by atoms with E-state index >= 15 is 0 Å². The molecule has 12 heteroatoms. The molecule has 53 heavy (non-hydrogen) atoms. The molecule has 2 saturated heterocycles. The van der Waals surface area contributed by atoms with Crippen LogP contribution in [-0.4, -0.2) is 116 Å². The molecular formula is C41H66O12. The second kappa shape index (κ2) is 13.5. The Morgan fingerprint density at radius 2 is 1.49 bits per heavy atom. The van der Waals surface area contributed by atoms with Crippen LogP contribution < -0.4 is 0 Å². The average Bonchev–Trinajstić information content (AvgIpc) is 3.10. The van der Waals surface area contributed by atoms with Crippen molar-refractivity contribution in [1.29, 1.82) is 0 Å². The highest BCUT2D eigenvalue weighted by molar-refractivity contribution is 5.76. The molecule has 2 aliphatic heterocycles. The number of ether oxygens (including phenoxy) is 4. The van der Waals surface area contributed by atoms with Gasteiger partial charge in [-0.3, -0.25) is 4.79 Å². The van der Waals surface area contributed by atoms with Crippen LogP contribution in [0.3, 0.4) is 0 Å². The fourth-order valence-corrected chi connectivity index (χ4v) is 13.3. The lowest BCUT2D eigenvalue weighted by molar-refractivity contribution is -0.350. The van der Waals surface area contributed by atoms with E-state index in [2.05, 4.69) is 47.6 Å². The van der Waals surface area contributed by atoms with Crippen molar-refractivity contribution in [2.24, 2.45) is 50.2 Å². The molecule has 6 fully saturated rings. The summed E-state index contributed by atoms with van der Waals surface area (Å²) in [5, 5.41) is 74.8. The molecule has 12 nitrogen and oxygen atoms in total. The number of hydrogen-bond acceptors (Lipinski definition) is 11. The normalized spacial score (nSPS) is 55.1. The van der Waals surface area contributed by atoms with Gasteiger partial charge in [0.15, 0.2) is 12.6 Å². The number of rotatable bonds is 6. The molecule has 0 unspecified atom stereocenters. The number of aliphatic carboxylic acids is 1. The van der Waals surface area contributed by atoms with Crippen LogP contribution in [0, 0.1) is 50.2 Å². The Kier molecular flexibility index (Phi) is 10.2. The molecule has 0 spiro atoms. The van der Waals surface area contributed by atoms with Gasteiger partial charge in [0.1, 0.15) is 36.6 Å². The van der Waals surface area contributed by atoms with Crippen LogP contribution in [0.15, 0.2) is 11.6 Å². The van der Waals surface area contributed by atoms with E-state index in [9.17, 15) is 40.5 Å². The molecule has 7 rings (SSSR count). The van der Waals surface area contributed by atoms with Gasteiger partial charge in [-0.1, -0.05) is 53.2 Å². The van der Waals surface area contributed by atoms with Crippen molar-refractivity contribution in [3.05, 3.63) is 11.6 Å². The van der Waals surface area contributed by atoms with Gasteiger partial charge in [0.2, 0.25) is 0 Å². The molecule has 5 aliphatic carbocycles. The zero-order valence-corrected chi connectivity index (χ0v) is 32.7. The quantitative estimate of drug-likeness (QED) is 0.155. The zero-order valence-electron chi connectivity index (χ0n) is 32.7. The molecule has 7 aliphatic rings. The van der Waals surface area contributed by atoms with Gasteiger partial charge in [0, 0.05) is 5.41 Å². The SMILES string of the molecule is C[C@@H]1O[C@@H](O[C@H]2CO[C@@H](O[C@H]3CC[C@@]4(C)[C@@H](CC[C@]5(C)[C@H]4CC=C4[C@@H]6CC(C)(C)CC[C@]6(C(=O)O)CC[C@]45C)[C@]3(C)CO)[C@H](O)[C@H]2O)[C@H](O)[C@H](O)[C@H]1O. The number of aliphatic hydroxyl groups is 6. The van der Waals surface area contributed by atoms with E-state index in [1.54, 1.807) is 0 Å². The number of fused-ring (bicyclic) bond motifs is 7. The highest BCUT2D eigenvalue weighted by Gasteiger charge is 2.70. The summed E-state index contributed by atoms with van der Waals surface area (Å²) in [6.45, 7) is 15.2. The van der Waals surface area contributed by atoms with Crippen molar-refractivity contribution in [3.63, 3.8) is 0 Å². The molecule has 0 aromatic heterocycles. The lowest BCUT2D eigenvalue weighted by atomic mass is 9.33. The van der Waals surface area contributed by atoms with Gasteiger partial charge in [-0.2, -0.15) is 0 Å². The lowest BCUT2D eigenvalue weighted by Crippen LogP contribution is -2.66. The van der Waals surface area contributed by atoms with Crippen molar-refractivity contribution < 1.29 is 59.5 Å². The maximum absolute atomic E-state index is 13.0. The third-order valence-corrected chi connectivity index (χ3v) is 17.0. The first-order valence-corrected chi connectivity index (χ1v) is 20.2. The van der Waals surface area contributed by atoms with E-state index < -0.39 is 78.2 Å². The van der Waals surface area contributed by atoms with Crippen LogP contribution in [0.1, 0.15) is 113 Å². The number of aliphatic hydroxyl groups excluding tert-OH is 6. The minimum atomic E-state index is -1.57. The third kappa shape index (κ3) is 5.85. The highest BCUT2D eigenvalue weighted by atomic mass is 16.7. The summed E-state index contributed by atoms with van der Waals surface area (Å²) >= 11 is 0. The predicted octanol–water partition coefficient (Wildman–Crippen LogP) is 3.52. The Morgan fingerprint density at radius 3 is 2.17 bits per heavy atom. The molecule has 0 bridgehead atoms. The number of carboxylic acid groups (broad SMARTS) is 1. The molecule has 2 heterocycles. The van der Waals surface area contributed by atoms with Crippen LogP contribution >= 0.6 is 0 Å². The topological polar surface area (TPSA) is 196 Å². The number of hydrogen-bond donors (Lipinski definition) is 7. The summed E-state index contributed by atoms with van der Waals surface area (Å²) in [4.78, 5) is 13.0. The van der Waals surface area contributed by atoms with Crippen LogP contribution in [0.2, 0.25) is 0 Å². The second-order valence-electron chi connectivity index (χ2n) is 20.0. The molecule has 0 amide bonds. The van der Waals surface area contributed by atoms with Gasteiger partial charge < -0.3 is 54.7 Å². The van der Waals surface area contributed by atoms with Crippen LogP contribution in [0.5, 0.6) is 0 Å². The second-order valence-corrected chi connectivity index (χ2v) is 20.0. The molecule has 0 radical (unpaired) electrons. The first-order chi connectivity index (χ1) is 24.7. The van der Waals surface area contributed by atoms with E-state index in [1.165, 1.54) is 12.5 Å². The van der Waals surface area contributed by atoms with E-state index in [0.717, 1.165) is 51.4 Å². The molecule has 0 aromatic carbocycles. The Morgan fingerprint density at radius 1 is 0.811 bits per heavy atom. The van der Waals surface area contributed by atoms with E-state index in [4.69, 9.17) is 18.9 Å². The minimum Gasteiger partial charge on any atom is -0.481 e. The summed E-state index contributed by atoms with van der Waals surface area (Å²) in [7, 11) is 0. The fourth-order valence-electron chi connectivity index (χ4n) is 13.3. The monoisotopic (exact) mass is 750 g/mol. The lowest BCUT2D eigenvalue weighted by Gasteiger charge is -2.71. The molecule has 4 saturated carbocycles. The number of allylic oxidation sites excluding steroid dienone is 2. The van der Waals surface area contributed by atoms with Gasteiger partial charge in [-0.15, -0.1) is 0 Å². The summed E-state index contributed by atoms with van der Waals surface area (Å²) in [5.41, 5.74) is -0.134. The molecule has 0 aromatic rings. The van der Waals surface area contributed by atoms with Crippen molar-refractivity contribution in [1.82, 2.24) is 0 Å². The van der Waals surface area contributed by atoms with Crippen molar-refractivity contribution in [2.45, 2.75) is 174 Å². The smallest absolute Gasteiger partial charge is 0.310 e. The first kappa shape index (κ1) is 40.0. The third-order valence-electron chi connectivity index (χ3n) is 17.0. The van der Waals surface area contributed by atoms with Gasteiger partial charge in [0.05, 0.1) is 30.8 Å². The fraction of sp³-hybridized carbons (Fsp3) is 0.927. The summed E-state index contributed by atoms with van der Waals surface area (Å²) in [6, 6.07) is 0. The van der Waals surface area contributed by atoms with Gasteiger partial charge in [-0.25, -0.2) is 0 Å². The molecular weight excluding hydrogens is 684 g/mol. The van der Waals surface area contributed by atoms with Crippen molar-refractivity contribution in [2.75, 3.05) is 13.2 Å². The van der Waals surface area contributed by atoms with E-state index in [0.29, 0.717) is 18.8 Å². The summed E-state index contributed by atoms with van der Waals surface area (Å²) < 4.78 is 23.8. The maximum Gasteiger partial charge on any atom is 0.310 e. The first-order valence-electron chi connectivity index (χ1n) is 20.2. The average molecular weight is 751 g/mol. The Bertz CT molecular complexity index is 1440. The maximum atomic E-state index is 13.0. The van der Waals surface area contributed by atoms with E-state index in [-0.39, 0.29) is 46.7 Å². The standard InChI is InChI=1S/C41H66O12/c1-21-28(43)30(45)32(47)34(51-21)52-24-19-50-33(31(46)29(24)44)53-27-11-12-37(4)25(38(27,5)20-42)10-13-40(7)26(37)9-8-22-23-18-36(2,3)14-16-41(23,35(48)49)17-15-39(22,40)6/h8,21,23-34,42-47H,9-20H2,1-7H3,(H,48,49)/t21-,23-,24-,25+,26-,27-,28-,29-,30+,31+,32+,33-,34-,37-,38-,39+,40+,41-/m0/s1. The predicted molar refractivity (Wildman–Crippen MR) is 192 cm³/mol. The Balaban J connectivity index is 1.08. The molecule has 18 atom stereocenters. The summed E-state index contributed by atoms with van der Waals surface area (Å²) in [5.74, 6) is -0.139. The highest BCUT2D eigenvalue weighted by Crippen LogP contribution is 2.76. The van der Waals surface area contributed by atoms with Crippen LogP contribution in [-0.2, 0) is 23.7 Å². The van der Waals surface area contributed by atoms with Crippen LogP contribution in [0.4, 0.5) is 0 Å². The Hall–Kier alpha value is -1.19. The minimum absolute atomic E-state index is 0.0397. The largest absolute Gasteiger partial charge is 0.481 e. The molecule has 7 N–H and O–H groups in total. The number of carboxylic acids is 1. The zero-order chi connectivity index (χ0) is 38.7. The van der Waals surface area contributed by atoms with Crippen molar-refractivity contribution >= 4 is 5.97 Å². The van der Waals surface area contributed by atoms with Crippen LogP contribution in [0.25, 0.3) is 0 Å². The van der Waals surface area contributed by atoms with Gasteiger partial charge in [0.25, 0.3) is 0 Å². The summed E-state index contributed by atoms with van der Waals surface area (Å²) in [6.07, 6.45) is -1.40. The van der Waals surface area contributed by atoms with E-state index in [1.807, 2.05) is 0 Å². The van der Waals surface area contributed by atoms with Gasteiger partial charge in [-0.05, 0) is 111 Å².